The lowest BCUT2D eigenvalue weighted by molar-refractivity contribution is 0.562. The van der Waals surface area contributed by atoms with Crippen LogP contribution in [0.4, 0.5) is 0 Å². The van der Waals surface area contributed by atoms with E-state index < -0.39 is 0 Å². The molecule has 0 atom stereocenters. The molecule has 1 aromatic heterocycles. The first kappa shape index (κ1) is 5.42. The first-order valence-corrected chi connectivity index (χ1v) is 2.83. The van der Waals surface area contributed by atoms with Crippen molar-refractivity contribution in [3.63, 3.8) is 0 Å². The standard InChI is InChI=1S/C7H10O/c1-6(2)7-3-4-8-5-7/h3-6H,1-2H3. The maximum atomic E-state index is 4.88. The van der Waals surface area contributed by atoms with Gasteiger partial charge >= 0.3 is 0 Å². The fourth-order valence-electron chi connectivity index (χ4n) is 0.604. The van der Waals surface area contributed by atoms with Crippen molar-refractivity contribution in [2.45, 2.75) is 19.8 Å². The second-order valence-electron chi connectivity index (χ2n) is 2.21. The van der Waals surface area contributed by atoms with Gasteiger partial charge in [-0.2, -0.15) is 0 Å². The Hall–Kier alpha value is -0.720. The molecule has 8 heavy (non-hydrogen) atoms. The van der Waals surface area contributed by atoms with Gasteiger partial charge in [0.1, 0.15) is 0 Å². The van der Waals surface area contributed by atoms with Crippen molar-refractivity contribution >= 4 is 0 Å². The average molecular weight is 110 g/mol. The zero-order valence-electron chi connectivity index (χ0n) is 5.22. The average Bonchev–Trinajstić information content (AvgIpc) is 2.12. The van der Waals surface area contributed by atoms with Gasteiger partial charge in [0.2, 0.25) is 0 Å². The largest absolute Gasteiger partial charge is 0.472 e. The van der Waals surface area contributed by atoms with Gasteiger partial charge in [-0.1, -0.05) is 13.8 Å². The molecule has 0 aromatic carbocycles. The lowest BCUT2D eigenvalue weighted by Gasteiger charge is -1.94. The van der Waals surface area contributed by atoms with E-state index in [1.165, 1.54) is 5.56 Å². The molecule has 0 spiro atoms. The van der Waals surface area contributed by atoms with Gasteiger partial charge in [0, 0.05) is 0 Å². The molecule has 0 aliphatic rings. The van der Waals surface area contributed by atoms with Crippen LogP contribution in [0.2, 0.25) is 0 Å². The second-order valence-corrected chi connectivity index (χ2v) is 2.21. The third-order valence-corrected chi connectivity index (χ3v) is 1.21. The highest BCUT2D eigenvalue weighted by molar-refractivity contribution is 5.09. The highest BCUT2D eigenvalue weighted by atomic mass is 16.3. The topological polar surface area (TPSA) is 13.1 Å². The summed E-state index contributed by atoms with van der Waals surface area (Å²) in [6, 6.07) is 1.99. The normalized spacial score (nSPS) is 10.4. The minimum absolute atomic E-state index is 0.591. The predicted octanol–water partition coefficient (Wildman–Crippen LogP) is 2.40. The minimum Gasteiger partial charge on any atom is -0.472 e. The third-order valence-electron chi connectivity index (χ3n) is 1.21. The van der Waals surface area contributed by atoms with E-state index in [2.05, 4.69) is 13.8 Å². The lowest BCUT2D eigenvalue weighted by atomic mass is 10.1. The van der Waals surface area contributed by atoms with Gasteiger partial charge in [0.05, 0.1) is 12.5 Å². The fraction of sp³-hybridized carbons (Fsp3) is 0.429. The molecular formula is C7H10O. The van der Waals surface area contributed by atoms with Gasteiger partial charge in [-0.3, -0.25) is 0 Å². The predicted molar refractivity (Wildman–Crippen MR) is 32.8 cm³/mol. The van der Waals surface area contributed by atoms with Crippen LogP contribution in [0.15, 0.2) is 23.0 Å². The summed E-state index contributed by atoms with van der Waals surface area (Å²) in [5.41, 5.74) is 1.27. The number of furan rings is 1. The molecule has 0 N–H and O–H groups in total. The molecule has 1 aromatic rings. The highest BCUT2D eigenvalue weighted by Crippen LogP contribution is 2.12. The van der Waals surface area contributed by atoms with Crippen molar-refractivity contribution in [2.75, 3.05) is 0 Å². The molecule has 0 amide bonds. The van der Waals surface area contributed by atoms with Crippen molar-refractivity contribution in [1.29, 1.82) is 0 Å². The zero-order chi connectivity index (χ0) is 5.98. The summed E-state index contributed by atoms with van der Waals surface area (Å²) in [5, 5.41) is 0. The first-order chi connectivity index (χ1) is 3.80. The minimum atomic E-state index is 0.591. The molecule has 0 radical (unpaired) electrons. The van der Waals surface area contributed by atoms with Crippen LogP contribution >= 0.6 is 0 Å². The van der Waals surface area contributed by atoms with Crippen LogP contribution in [-0.4, -0.2) is 0 Å². The molecule has 0 bridgehead atoms. The maximum Gasteiger partial charge on any atom is 0.0937 e. The summed E-state index contributed by atoms with van der Waals surface area (Å²) in [5.74, 6) is 0.591. The molecule has 1 heteroatoms. The summed E-state index contributed by atoms with van der Waals surface area (Å²) in [7, 11) is 0. The van der Waals surface area contributed by atoms with Gasteiger partial charge in [-0.25, -0.2) is 0 Å². The van der Waals surface area contributed by atoms with Crippen molar-refractivity contribution in [1.82, 2.24) is 0 Å². The van der Waals surface area contributed by atoms with E-state index >= 15 is 0 Å². The van der Waals surface area contributed by atoms with E-state index in [0.717, 1.165) is 0 Å². The summed E-state index contributed by atoms with van der Waals surface area (Å²) >= 11 is 0. The second kappa shape index (κ2) is 2.03. The van der Waals surface area contributed by atoms with Crippen molar-refractivity contribution in [3.05, 3.63) is 24.2 Å². The fourth-order valence-corrected chi connectivity index (χ4v) is 0.604. The van der Waals surface area contributed by atoms with Gasteiger partial charge in [0.25, 0.3) is 0 Å². The smallest absolute Gasteiger partial charge is 0.0937 e. The number of rotatable bonds is 1. The Balaban J connectivity index is 2.77. The summed E-state index contributed by atoms with van der Waals surface area (Å²) in [4.78, 5) is 0. The van der Waals surface area contributed by atoms with Crippen LogP contribution in [0.3, 0.4) is 0 Å². The molecule has 1 rings (SSSR count). The van der Waals surface area contributed by atoms with Crippen molar-refractivity contribution < 1.29 is 4.42 Å². The monoisotopic (exact) mass is 110 g/mol. The Morgan fingerprint density at radius 1 is 1.50 bits per heavy atom. The quantitative estimate of drug-likeness (QED) is 0.541. The molecule has 0 saturated carbocycles. The molecule has 1 heterocycles. The molecule has 0 aliphatic heterocycles. The SMILES string of the molecule is CC(C)c1ccoc1. The lowest BCUT2D eigenvalue weighted by Crippen LogP contribution is -1.79. The van der Waals surface area contributed by atoms with Crippen LogP contribution in [-0.2, 0) is 0 Å². The van der Waals surface area contributed by atoms with E-state index in [1.54, 1.807) is 12.5 Å². The third kappa shape index (κ3) is 0.915. The maximum absolute atomic E-state index is 4.88. The summed E-state index contributed by atoms with van der Waals surface area (Å²) in [6.07, 6.45) is 3.49. The van der Waals surface area contributed by atoms with Crippen molar-refractivity contribution in [3.8, 4) is 0 Å². The molecule has 0 fully saturated rings. The number of hydrogen-bond donors (Lipinski definition) is 0. The van der Waals surface area contributed by atoms with Crippen LogP contribution < -0.4 is 0 Å². The molecular weight excluding hydrogens is 100 g/mol. The Bertz CT molecular complexity index is 139. The van der Waals surface area contributed by atoms with Gasteiger partial charge < -0.3 is 4.42 Å². The zero-order valence-corrected chi connectivity index (χ0v) is 5.22. The van der Waals surface area contributed by atoms with E-state index in [1.807, 2.05) is 6.07 Å². The van der Waals surface area contributed by atoms with Crippen LogP contribution in [0.1, 0.15) is 25.3 Å². The van der Waals surface area contributed by atoms with Gasteiger partial charge in [-0.15, -0.1) is 0 Å². The van der Waals surface area contributed by atoms with Gasteiger partial charge in [0.15, 0.2) is 0 Å². The van der Waals surface area contributed by atoms with E-state index in [0.29, 0.717) is 5.92 Å². The Morgan fingerprint density at radius 3 is 2.50 bits per heavy atom. The Morgan fingerprint density at radius 2 is 2.25 bits per heavy atom. The summed E-state index contributed by atoms with van der Waals surface area (Å²) < 4.78 is 4.88. The van der Waals surface area contributed by atoms with Crippen LogP contribution in [0.5, 0.6) is 0 Å². The number of hydrogen-bond acceptors (Lipinski definition) is 1. The van der Waals surface area contributed by atoms with E-state index in [-0.39, 0.29) is 0 Å². The molecule has 0 unspecified atom stereocenters. The first-order valence-electron chi connectivity index (χ1n) is 2.83. The van der Waals surface area contributed by atoms with Gasteiger partial charge in [-0.05, 0) is 17.5 Å². The molecule has 0 saturated heterocycles. The summed E-state index contributed by atoms with van der Waals surface area (Å²) in [6.45, 7) is 4.29. The molecule has 1 nitrogen and oxygen atoms in total. The van der Waals surface area contributed by atoms with Crippen LogP contribution in [0.25, 0.3) is 0 Å². The Labute approximate surface area is 49.3 Å². The molecule has 44 valence electrons. The van der Waals surface area contributed by atoms with Crippen molar-refractivity contribution in [2.24, 2.45) is 0 Å². The highest BCUT2D eigenvalue weighted by Gasteiger charge is 1.96. The van der Waals surface area contributed by atoms with Crippen LogP contribution in [0, 0.1) is 0 Å². The molecule has 0 aliphatic carbocycles. The van der Waals surface area contributed by atoms with E-state index in [4.69, 9.17) is 4.42 Å². The van der Waals surface area contributed by atoms with E-state index in [9.17, 15) is 0 Å². The Kier molecular flexibility index (Phi) is 1.38.